The lowest BCUT2D eigenvalue weighted by molar-refractivity contribution is 0.146. The molecule has 13 heavy (non-hydrogen) atoms. The van der Waals surface area contributed by atoms with Crippen LogP contribution in [0.15, 0.2) is 6.07 Å². The molecule has 0 radical (unpaired) electrons. The van der Waals surface area contributed by atoms with Gasteiger partial charge < -0.3 is 0 Å². The van der Waals surface area contributed by atoms with E-state index in [4.69, 9.17) is 23.2 Å². The minimum atomic E-state index is -2.66. The molecule has 5 heteroatoms. The average Bonchev–Trinajstić information content (AvgIpc) is 2.09. The molecule has 0 saturated carbocycles. The molecule has 1 heterocycles. The maximum Gasteiger partial charge on any atom is 0.281 e. The first kappa shape index (κ1) is 10.7. The molecule has 1 aromatic rings. The Labute approximate surface area is 84.7 Å². The fourth-order valence-corrected chi connectivity index (χ4v) is 1.28. The topological polar surface area (TPSA) is 12.9 Å². The van der Waals surface area contributed by atoms with Crippen molar-refractivity contribution in [1.29, 1.82) is 0 Å². The number of hydrogen-bond acceptors (Lipinski definition) is 1. The van der Waals surface area contributed by atoms with Crippen LogP contribution >= 0.6 is 23.2 Å². The van der Waals surface area contributed by atoms with Crippen molar-refractivity contribution in [2.24, 2.45) is 0 Å². The summed E-state index contributed by atoms with van der Waals surface area (Å²) in [5, 5.41) is 0.0175. The van der Waals surface area contributed by atoms with Crippen LogP contribution in [0.1, 0.15) is 23.4 Å². The van der Waals surface area contributed by atoms with Crippen LogP contribution in [0.3, 0.4) is 0 Å². The minimum absolute atomic E-state index is 0.0175. The van der Waals surface area contributed by atoms with E-state index in [1.165, 1.54) is 0 Å². The van der Waals surface area contributed by atoms with Crippen molar-refractivity contribution in [2.45, 2.75) is 19.2 Å². The van der Waals surface area contributed by atoms with Crippen molar-refractivity contribution < 1.29 is 8.78 Å². The summed E-state index contributed by atoms with van der Waals surface area (Å²) in [5.74, 6) is 0.109. The summed E-state index contributed by atoms with van der Waals surface area (Å²) in [6.45, 7) is 1.64. The van der Waals surface area contributed by atoms with Crippen LogP contribution in [0.25, 0.3) is 0 Å². The van der Waals surface area contributed by atoms with E-state index in [1.807, 2.05) is 0 Å². The normalized spacial score (nSPS) is 10.9. The number of rotatable bonds is 2. The van der Waals surface area contributed by atoms with Crippen LogP contribution in [-0.2, 0) is 5.88 Å². The summed E-state index contributed by atoms with van der Waals surface area (Å²) in [6.07, 6.45) is -2.66. The molecule has 0 N–H and O–H groups in total. The van der Waals surface area contributed by atoms with Gasteiger partial charge in [-0.1, -0.05) is 11.6 Å². The Bertz CT molecular complexity index is 315. The van der Waals surface area contributed by atoms with Gasteiger partial charge in [0.25, 0.3) is 6.43 Å². The Morgan fingerprint density at radius 3 is 2.62 bits per heavy atom. The first-order chi connectivity index (χ1) is 6.06. The molecule has 1 aromatic heterocycles. The zero-order chi connectivity index (χ0) is 10.0. The molecular formula is C8H7Cl2F2N. The van der Waals surface area contributed by atoms with Crippen molar-refractivity contribution in [3.05, 3.63) is 28.0 Å². The molecule has 0 aromatic carbocycles. The van der Waals surface area contributed by atoms with E-state index in [2.05, 4.69) is 4.98 Å². The van der Waals surface area contributed by atoms with E-state index in [1.54, 1.807) is 13.0 Å². The van der Waals surface area contributed by atoms with Crippen molar-refractivity contribution in [3.63, 3.8) is 0 Å². The summed E-state index contributed by atoms with van der Waals surface area (Å²) in [5.41, 5.74) is 0.596. The summed E-state index contributed by atoms with van der Waals surface area (Å²) in [4.78, 5) is 3.64. The Balaban J connectivity index is 3.25. The third kappa shape index (κ3) is 2.29. The van der Waals surface area contributed by atoms with Gasteiger partial charge in [0.05, 0.1) is 16.6 Å². The second-order valence-corrected chi connectivity index (χ2v) is 3.21. The van der Waals surface area contributed by atoms with Gasteiger partial charge in [-0.3, -0.25) is 0 Å². The molecule has 0 fully saturated rings. The molecule has 0 saturated heterocycles. The Morgan fingerprint density at radius 2 is 2.15 bits per heavy atom. The second kappa shape index (κ2) is 4.20. The molecule has 0 aliphatic rings. The molecule has 0 aliphatic carbocycles. The fourth-order valence-electron chi connectivity index (χ4n) is 0.964. The van der Waals surface area contributed by atoms with Gasteiger partial charge in [-0.15, -0.1) is 11.6 Å². The second-order valence-electron chi connectivity index (χ2n) is 2.56. The predicted octanol–water partition coefficient (Wildman–Crippen LogP) is 3.72. The van der Waals surface area contributed by atoms with Crippen molar-refractivity contribution in [1.82, 2.24) is 4.98 Å². The van der Waals surface area contributed by atoms with Gasteiger partial charge in [-0.05, 0) is 18.6 Å². The molecule has 0 bridgehead atoms. The third-order valence-electron chi connectivity index (χ3n) is 1.56. The summed E-state index contributed by atoms with van der Waals surface area (Å²) < 4.78 is 24.7. The highest BCUT2D eigenvalue weighted by Gasteiger charge is 2.16. The Morgan fingerprint density at radius 1 is 1.54 bits per heavy atom. The number of halogens is 4. The monoisotopic (exact) mass is 225 g/mol. The van der Waals surface area contributed by atoms with Crippen LogP contribution in [0, 0.1) is 6.92 Å². The molecule has 1 nitrogen and oxygen atoms in total. The molecule has 0 amide bonds. The van der Waals surface area contributed by atoms with Crippen LogP contribution in [-0.4, -0.2) is 4.98 Å². The maximum atomic E-state index is 12.3. The van der Waals surface area contributed by atoms with Gasteiger partial charge in [0.15, 0.2) is 0 Å². The molecule has 0 aliphatic heterocycles. The molecule has 0 spiro atoms. The maximum absolute atomic E-state index is 12.3. The minimum Gasteiger partial charge on any atom is -0.249 e. The number of hydrogen-bond donors (Lipinski definition) is 0. The van der Waals surface area contributed by atoms with Crippen LogP contribution < -0.4 is 0 Å². The van der Waals surface area contributed by atoms with E-state index in [-0.39, 0.29) is 10.9 Å². The van der Waals surface area contributed by atoms with Crippen molar-refractivity contribution in [3.8, 4) is 0 Å². The molecule has 72 valence electrons. The zero-order valence-corrected chi connectivity index (χ0v) is 8.33. The van der Waals surface area contributed by atoms with E-state index < -0.39 is 12.1 Å². The van der Waals surface area contributed by atoms with Crippen molar-refractivity contribution >= 4 is 23.2 Å². The number of aryl methyl sites for hydroxylation is 1. The van der Waals surface area contributed by atoms with Crippen LogP contribution in [0.4, 0.5) is 8.78 Å². The molecular weight excluding hydrogens is 219 g/mol. The smallest absolute Gasteiger partial charge is 0.249 e. The van der Waals surface area contributed by atoms with Gasteiger partial charge in [0, 0.05) is 0 Å². The number of nitrogens with zero attached hydrogens (tertiary/aromatic N) is 1. The highest BCUT2D eigenvalue weighted by Crippen LogP contribution is 2.28. The first-order valence-electron chi connectivity index (χ1n) is 3.56. The van der Waals surface area contributed by atoms with Gasteiger partial charge in [0.1, 0.15) is 5.69 Å². The van der Waals surface area contributed by atoms with E-state index >= 15 is 0 Å². The van der Waals surface area contributed by atoms with E-state index in [9.17, 15) is 8.78 Å². The van der Waals surface area contributed by atoms with Crippen LogP contribution in [0.2, 0.25) is 5.02 Å². The molecule has 0 atom stereocenters. The fraction of sp³-hybridized carbons (Fsp3) is 0.375. The lowest BCUT2D eigenvalue weighted by Gasteiger charge is -2.06. The van der Waals surface area contributed by atoms with Gasteiger partial charge in [-0.2, -0.15) is 0 Å². The van der Waals surface area contributed by atoms with Crippen LogP contribution in [0.5, 0.6) is 0 Å². The summed E-state index contributed by atoms with van der Waals surface area (Å²) in [6, 6.07) is 1.60. The Hall–Kier alpha value is -0.410. The number of aromatic nitrogens is 1. The highest BCUT2D eigenvalue weighted by molar-refractivity contribution is 6.32. The predicted molar refractivity (Wildman–Crippen MR) is 48.5 cm³/mol. The summed E-state index contributed by atoms with van der Waals surface area (Å²) >= 11 is 11.1. The number of pyridine rings is 1. The van der Waals surface area contributed by atoms with E-state index in [0.717, 1.165) is 0 Å². The highest BCUT2D eigenvalue weighted by atomic mass is 35.5. The molecule has 0 unspecified atom stereocenters. The zero-order valence-electron chi connectivity index (χ0n) is 6.82. The SMILES string of the molecule is Cc1cc(CCl)nc(C(F)F)c1Cl. The quantitative estimate of drug-likeness (QED) is 0.700. The molecule has 1 rings (SSSR count). The lowest BCUT2D eigenvalue weighted by atomic mass is 10.2. The Kier molecular flexibility index (Phi) is 3.45. The van der Waals surface area contributed by atoms with Crippen molar-refractivity contribution in [2.75, 3.05) is 0 Å². The largest absolute Gasteiger partial charge is 0.281 e. The standard InChI is InChI=1S/C8H7Cl2F2N/c1-4-2-5(3-9)13-7(6(4)10)8(11)12/h2,8H,3H2,1H3. The lowest BCUT2D eigenvalue weighted by Crippen LogP contribution is -1.98. The number of alkyl halides is 3. The average molecular weight is 226 g/mol. The first-order valence-corrected chi connectivity index (χ1v) is 4.47. The van der Waals surface area contributed by atoms with E-state index in [0.29, 0.717) is 11.3 Å². The van der Waals surface area contributed by atoms with Gasteiger partial charge in [0.2, 0.25) is 0 Å². The summed E-state index contributed by atoms with van der Waals surface area (Å²) in [7, 11) is 0. The van der Waals surface area contributed by atoms with Gasteiger partial charge in [-0.25, -0.2) is 13.8 Å². The van der Waals surface area contributed by atoms with Gasteiger partial charge >= 0.3 is 0 Å². The third-order valence-corrected chi connectivity index (χ3v) is 2.33.